The molecule has 0 bridgehead atoms. The molecule has 1 saturated heterocycles. The summed E-state index contributed by atoms with van der Waals surface area (Å²) in [6, 6.07) is 4.24. The summed E-state index contributed by atoms with van der Waals surface area (Å²) in [5.41, 5.74) is -0.383. The Bertz CT molecular complexity index is 277. The number of hydrogen-bond acceptors (Lipinski definition) is 3. The van der Waals surface area contributed by atoms with E-state index >= 15 is 0 Å². The molecule has 1 aliphatic rings. The average molecular weight is 211 g/mol. The second kappa shape index (κ2) is 4.01. The smallest absolute Gasteiger partial charge is 0.0900 e. The molecule has 2 nitrogen and oxygen atoms in total. The Morgan fingerprint density at radius 2 is 2.36 bits per heavy atom. The van der Waals surface area contributed by atoms with Crippen molar-refractivity contribution in [2.24, 2.45) is 0 Å². The minimum absolute atomic E-state index is 0.383. The summed E-state index contributed by atoms with van der Waals surface area (Å²) in [6.45, 7) is 4.82. The van der Waals surface area contributed by atoms with Crippen LogP contribution in [0.4, 0.5) is 0 Å². The average Bonchev–Trinajstić information content (AvgIpc) is 2.54. The molecule has 0 aromatic carbocycles. The van der Waals surface area contributed by atoms with Gasteiger partial charge in [0.25, 0.3) is 0 Å². The second-order valence-corrected chi connectivity index (χ2v) is 5.23. The summed E-state index contributed by atoms with van der Waals surface area (Å²) in [6.07, 6.45) is 2.01. The van der Waals surface area contributed by atoms with Gasteiger partial charge < -0.3 is 5.11 Å². The van der Waals surface area contributed by atoms with Crippen molar-refractivity contribution in [1.29, 1.82) is 0 Å². The fraction of sp³-hybridized carbons (Fsp3) is 0.636. The van der Waals surface area contributed by atoms with Crippen LogP contribution in [0.1, 0.15) is 24.6 Å². The van der Waals surface area contributed by atoms with Gasteiger partial charge in [0.05, 0.1) is 5.60 Å². The zero-order valence-electron chi connectivity index (χ0n) is 8.57. The van der Waals surface area contributed by atoms with Gasteiger partial charge in [-0.15, -0.1) is 11.3 Å². The van der Waals surface area contributed by atoms with E-state index in [4.69, 9.17) is 0 Å². The molecule has 0 unspecified atom stereocenters. The van der Waals surface area contributed by atoms with E-state index in [0.717, 1.165) is 32.5 Å². The van der Waals surface area contributed by atoms with Crippen LogP contribution in [0.3, 0.4) is 0 Å². The Balaban J connectivity index is 1.78. The van der Waals surface area contributed by atoms with Crippen molar-refractivity contribution in [3.8, 4) is 0 Å². The molecule has 0 aliphatic carbocycles. The maximum Gasteiger partial charge on any atom is 0.0900 e. The van der Waals surface area contributed by atoms with Gasteiger partial charge in [-0.25, -0.2) is 0 Å². The maximum atomic E-state index is 9.97. The van der Waals surface area contributed by atoms with Crippen molar-refractivity contribution in [2.75, 3.05) is 13.1 Å². The van der Waals surface area contributed by atoms with Crippen LogP contribution in [0.15, 0.2) is 17.5 Å². The van der Waals surface area contributed by atoms with E-state index in [2.05, 4.69) is 29.3 Å². The van der Waals surface area contributed by atoms with Gasteiger partial charge in [-0.05, 0) is 17.9 Å². The summed E-state index contributed by atoms with van der Waals surface area (Å²) in [4.78, 5) is 3.70. The lowest BCUT2D eigenvalue weighted by Crippen LogP contribution is -2.60. The van der Waals surface area contributed by atoms with Crippen molar-refractivity contribution < 1.29 is 5.11 Å². The number of β-amino-alcohol motifs (C(OH)–C–C–N with tert-alkyl or cyclic N) is 1. The van der Waals surface area contributed by atoms with Gasteiger partial charge in [-0.3, -0.25) is 4.90 Å². The lowest BCUT2D eigenvalue weighted by Gasteiger charge is -2.46. The Morgan fingerprint density at radius 1 is 1.57 bits per heavy atom. The number of rotatable bonds is 4. The van der Waals surface area contributed by atoms with Crippen molar-refractivity contribution >= 4 is 11.3 Å². The van der Waals surface area contributed by atoms with Crippen molar-refractivity contribution in [2.45, 2.75) is 31.9 Å². The third-order valence-electron chi connectivity index (χ3n) is 2.71. The number of hydrogen-bond donors (Lipinski definition) is 1. The first kappa shape index (κ1) is 10.1. The highest BCUT2D eigenvalue weighted by atomic mass is 32.1. The first-order chi connectivity index (χ1) is 6.72. The lowest BCUT2D eigenvalue weighted by molar-refractivity contribution is -0.106. The highest BCUT2D eigenvalue weighted by Crippen LogP contribution is 2.27. The largest absolute Gasteiger partial charge is 0.387 e. The molecule has 14 heavy (non-hydrogen) atoms. The van der Waals surface area contributed by atoms with Crippen LogP contribution in [0, 0.1) is 0 Å². The fourth-order valence-electron chi connectivity index (χ4n) is 2.14. The van der Waals surface area contributed by atoms with Crippen LogP contribution in [-0.2, 0) is 6.54 Å². The molecule has 3 heteroatoms. The normalized spacial score (nSPS) is 20.7. The molecule has 78 valence electrons. The zero-order valence-corrected chi connectivity index (χ0v) is 9.39. The summed E-state index contributed by atoms with van der Waals surface area (Å²) in [5, 5.41) is 12.1. The van der Waals surface area contributed by atoms with Gasteiger partial charge in [-0.1, -0.05) is 19.4 Å². The minimum Gasteiger partial charge on any atom is -0.387 e. The summed E-state index contributed by atoms with van der Waals surface area (Å²) < 4.78 is 0. The Kier molecular flexibility index (Phi) is 2.91. The van der Waals surface area contributed by atoms with Crippen LogP contribution < -0.4 is 0 Å². The van der Waals surface area contributed by atoms with E-state index in [1.807, 2.05) is 0 Å². The highest BCUT2D eigenvalue weighted by molar-refractivity contribution is 7.09. The highest BCUT2D eigenvalue weighted by Gasteiger charge is 2.39. The molecule has 1 N–H and O–H groups in total. The van der Waals surface area contributed by atoms with Gasteiger partial charge in [0.1, 0.15) is 0 Å². The summed E-state index contributed by atoms with van der Waals surface area (Å²) in [5.74, 6) is 0. The first-order valence-corrected chi connectivity index (χ1v) is 6.07. The first-order valence-electron chi connectivity index (χ1n) is 5.19. The van der Waals surface area contributed by atoms with E-state index in [9.17, 15) is 5.11 Å². The molecule has 1 aromatic heterocycles. The van der Waals surface area contributed by atoms with E-state index in [1.165, 1.54) is 4.88 Å². The van der Waals surface area contributed by atoms with Crippen molar-refractivity contribution in [3.63, 3.8) is 0 Å². The van der Waals surface area contributed by atoms with Gasteiger partial charge in [0.2, 0.25) is 0 Å². The monoisotopic (exact) mass is 211 g/mol. The van der Waals surface area contributed by atoms with Crippen LogP contribution in [0.25, 0.3) is 0 Å². The molecule has 1 aliphatic heterocycles. The molecule has 1 fully saturated rings. The molecule has 0 amide bonds. The minimum atomic E-state index is -0.383. The standard InChI is InChI=1S/C11H17NOS/c1-2-5-11(13)8-12(9-11)7-10-4-3-6-14-10/h3-4,6,13H,2,5,7-9H2,1H3. The SMILES string of the molecule is CCCC1(O)CN(Cc2cccs2)C1. The molecule has 0 atom stereocenters. The quantitative estimate of drug-likeness (QED) is 0.824. The molecule has 0 saturated carbocycles. The summed E-state index contributed by atoms with van der Waals surface area (Å²) >= 11 is 1.79. The van der Waals surface area contributed by atoms with Crippen molar-refractivity contribution in [1.82, 2.24) is 4.90 Å². The fourth-order valence-corrected chi connectivity index (χ4v) is 2.89. The van der Waals surface area contributed by atoms with Crippen LogP contribution in [0.2, 0.25) is 0 Å². The maximum absolute atomic E-state index is 9.97. The van der Waals surface area contributed by atoms with Crippen LogP contribution >= 0.6 is 11.3 Å². The van der Waals surface area contributed by atoms with Crippen molar-refractivity contribution in [3.05, 3.63) is 22.4 Å². The Labute approximate surface area is 89.2 Å². The third-order valence-corrected chi connectivity index (χ3v) is 3.57. The Morgan fingerprint density at radius 3 is 2.93 bits per heavy atom. The molecular formula is C11H17NOS. The van der Waals surface area contributed by atoms with Gasteiger partial charge in [0, 0.05) is 24.5 Å². The van der Waals surface area contributed by atoms with Gasteiger partial charge in [0.15, 0.2) is 0 Å². The third kappa shape index (κ3) is 2.16. The van der Waals surface area contributed by atoms with Gasteiger partial charge >= 0.3 is 0 Å². The number of aliphatic hydroxyl groups is 1. The predicted octanol–water partition coefficient (Wildman–Crippen LogP) is 2.09. The zero-order chi connectivity index (χ0) is 10.0. The van der Waals surface area contributed by atoms with Gasteiger partial charge in [-0.2, -0.15) is 0 Å². The molecule has 2 rings (SSSR count). The summed E-state index contributed by atoms with van der Waals surface area (Å²) in [7, 11) is 0. The molecule has 0 radical (unpaired) electrons. The lowest BCUT2D eigenvalue weighted by atomic mass is 9.89. The second-order valence-electron chi connectivity index (χ2n) is 4.20. The topological polar surface area (TPSA) is 23.5 Å². The number of likely N-dealkylation sites (tertiary alicyclic amines) is 1. The Hall–Kier alpha value is -0.380. The van der Waals surface area contributed by atoms with E-state index in [1.54, 1.807) is 11.3 Å². The van der Waals surface area contributed by atoms with E-state index < -0.39 is 0 Å². The number of thiophene rings is 1. The van der Waals surface area contributed by atoms with Crippen LogP contribution in [0.5, 0.6) is 0 Å². The molecular weight excluding hydrogens is 194 g/mol. The molecule has 0 spiro atoms. The number of nitrogens with zero attached hydrogens (tertiary/aromatic N) is 1. The molecule has 1 aromatic rings. The molecule has 2 heterocycles. The van der Waals surface area contributed by atoms with E-state index in [-0.39, 0.29) is 5.60 Å². The van der Waals surface area contributed by atoms with Crippen LogP contribution in [-0.4, -0.2) is 28.7 Å². The van der Waals surface area contributed by atoms with E-state index in [0.29, 0.717) is 0 Å². The predicted molar refractivity (Wildman–Crippen MR) is 59.5 cm³/mol.